The standard InChI is InChI=1S/C12H14BrNO/c13-11-7-9(14)4-5-10(11)12(15)6-8-2-1-3-8/h4-5,7-8H,1-3,6,14H2. The number of halogens is 1. The van der Waals surface area contributed by atoms with E-state index in [9.17, 15) is 4.79 Å². The largest absolute Gasteiger partial charge is 0.399 e. The summed E-state index contributed by atoms with van der Waals surface area (Å²) in [7, 11) is 0. The second-order valence-corrected chi connectivity index (χ2v) is 5.02. The van der Waals surface area contributed by atoms with E-state index >= 15 is 0 Å². The first-order valence-corrected chi connectivity index (χ1v) is 6.04. The molecule has 3 heteroatoms. The van der Waals surface area contributed by atoms with Gasteiger partial charge in [0.1, 0.15) is 0 Å². The van der Waals surface area contributed by atoms with Gasteiger partial charge in [-0.25, -0.2) is 0 Å². The van der Waals surface area contributed by atoms with Crippen LogP contribution in [0.1, 0.15) is 36.0 Å². The molecule has 0 aliphatic heterocycles. The highest BCUT2D eigenvalue weighted by atomic mass is 79.9. The van der Waals surface area contributed by atoms with Gasteiger partial charge in [0.15, 0.2) is 5.78 Å². The number of carbonyl (C=O) groups excluding carboxylic acids is 1. The van der Waals surface area contributed by atoms with Crippen molar-refractivity contribution in [2.24, 2.45) is 5.92 Å². The topological polar surface area (TPSA) is 43.1 Å². The van der Waals surface area contributed by atoms with Crippen LogP contribution >= 0.6 is 15.9 Å². The maximum absolute atomic E-state index is 11.9. The van der Waals surface area contributed by atoms with Gasteiger partial charge in [-0.15, -0.1) is 0 Å². The van der Waals surface area contributed by atoms with Crippen LogP contribution in [0.4, 0.5) is 5.69 Å². The van der Waals surface area contributed by atoms with Crippen LogP contribution in [0.5, 0.6) is 0 Å². The van der Waals surface area contributed by atoms with Gasteiger partial charge in [0, 0.05) is 22.1 Å². The molecule has 1 aliphatic rings. The summed E-state index contributed by atoms with van der Waals surface area (Å²) in [5.41, 5.74) is 7.07. The van der Waals surface area contributed by atoms with Gasteiger partial charge >= 0.3 is 0 Å². The first kappa shape index (κ1) is 10.7. The number of hydrogen-bond donors (Lipinski definition) is 1. The van der Waals surface area contributed by atoms with Crippen molar-refractivity contribution < 1.29 is 4.79 Å². The van der Waals surface area contributed by atoms with Crippen molar-refractivity contribution in [3.8, 4) is 0 Å². The first-order valence-electron chi connectivity index (χ1n) is 5.25. The molecule has 0 aromatic heterocycles. The molecule has 1 fully saturated rings. The third-order valence-corrected chi connectivity index (χ3v) is 3.65. The highest BCUT2D eigenvalue weighted by Crippen LogP contribution is 2.31. The van der Waals surface area contributed by atoms with Crippen molar-refractivity contribution in [3.63, 3.8) is 0 Å². The molecule has 0 saturated heterocycles. The molecule has 2 nitrogen and oxygen atoms in total. The first-order chi connectivity index (χ1) is 7.16. The predicted octanol–water partition coefficient (Wildman–Crippen LogP) is 3.40. The summed E-state index contributed by atoms with van der Waals surface area (Å²) in [6.07, 6.45) is 4.38. The summed E-state index contributed by atoms with van der Waals surface area (Å²) in [6, 6.07) is 5.37. The molecule has 80 valence electrons. The normalized spacial score (nSPS) is 16.1. The minimum absolute atomic E-state index is 0.228. The Kier molecular flexibility index (Phi) is 3.10. The average molecular weight is 268 g/mol. The van der Waals surface area contributed by atoms with Crippen molar-refractivity contribution in [2.45, 2.75) is 25.7 Å². The molecule has 0 radical (unpaired) electrons. The van der Waals surface area contributed by atoms with E-state index in [1.54, 1.807) is 18.2 Å². The van der Waals surface area contributed by atoms with E-state index in [1.165, 1.54) is 19.3 Å². The number of carbonyl (C=O) groups is 1. The molecule has 0 amide bonds. The highest BCUT2D eigenvalue weighted by Gasteiger charge is 2.22. The Morgan fingerprint density at radius 1 is 1.47 bits per heavy atom. The van der Waals surface area contributed by atoms with Crippen molar-refractivity contribution in [1.29, 1.82) is 0 Å². The lowest BCUT2D eigenvalue weighted by molar-refractivity contribution is 0.0936. The molecule has 0 atom stereocenters. The van der Waals surface area contributed by atoms with E-state index in [4.69, 9.17) is 5.73 Å². The Labute approximate surface area is 98.0 Å². The molecular weight excluding hydrogens is 254 g/mol. The van der Waals surface area contributed by atoms with Gasteiger partial charge in [0.25, 0.3) is 0 Å². The fourth-order valence-corrected chi connectivity index (χ4v) is 2.44. The van der Waals surface area contributed by atoms with Crippen LogP contribution in [-0.4, -0.2) is 5.78 Å². The minimum Gasteiger partial charge on any atom is -0.399 e. The fourth-order valence-electron chi connectivity index (χ4n) is 1.83. The van der Waals surface area contributed by atoms with Crippen LogP contribution in [0.3, 0.4) is 0 Å². The van der Waals surface area contributed by atoms with E-state index in [0.29, 0.717) is 18.0 Å². The highest BCUT2D eigenvalue weighted by molar-refractivity contribution is 9.10. The quantitative estimate of drug-likeness (QED) is 0.674. The second-order valence-electron chi connectivity index (χ2n) is 4.16. The lowest BCUT2D eigenvalue weighted by atomic mass is 9.81. The third-order valence-electron chi connectivity index (χ3n) is 2.99. The van der Waals surface area contributed by atoms with Crippen LogP contribution in [-0.2, 0) is 0 Å². The van der Waals surface area contributed by atoms with Crippen LogP contribution < -0.4 is 5.73 Å². The number of nitrogens with two attached hydrogens (primary N) is 1. The van der Waals surface area contributed by atoms with Crippen LogP contribution in [0.2, 0.25) is 0 Å². The van der Waals surface area contributed by atoms with Crippen molar-refractivity contribution in [3.05, 3.63) is 28.2 Å². The van der Waals surface area contributed by atoms with Crippen LogP contribution in [0.25, 0.3) is 0 Å². The molecule has 0 unspecified atom stereocenters. The monoisotopic (exact) mass is 267 g/mol. The van der Waals surface area contributed by atoms with Gasteiger partial charge in [-0.3, -0.25) is 4.79 Å². The van der Waals surface area contributed by atoms with Gasteiger partial charge in [0.2, 0.25) is 0 Å². The van der Waals surface area contributed by atoms with Crippen LogP contribution in [0, 0.1) is 5.92 Å². The maximum Gasteiger partial charge on any atom is 0.164 e. The van der Waals surface area contributed by atoms with Gasteiger partial charge in [0.05, 0.1) is 0 Å². The summed E-state index contributed by atoms with van der Waals surface area (Å²) in [5.74, 6) is 0.841. The lowest BCUT2D eigenvalue weighted by Crippen LogP contribution is -2.16. The zero-order valence-electron chi connectivity index (χ0n) is 8.50. The van der Waals surface area contributed by atoms with Gasteiger partial charge < -0.3 is 5.73 Å². The van der Waals surface area contributed by atoms with E-state index in [0.717, 1.165) is 10.0 Å². The summed E-state index contributed by atoms with van der Waals surface area (Å²) in [6.45, 7) is 0. The molecule has 0 spiro atoms. The molecule has 1 aliphatic carbocycles. The number of ketones is 1. The minimum atomic E-state index is 0.228. The number of benzene rings is 1. The van der Waals surface area contributed by atoms with Crippen molar-refractivity contribution in [2.75, 3.05) is 5.73 Å². The Hall–Kier alpha value is -0.830. The smallest absolute Gasteiger partial charge is 0.164 e. The van der Waals surface area contributed by atoms with Gasteiger partial charge in [-0.2, -0.15) is 0 Å². The molecule has 0 bridgehead atoms. The zero-order chi connectivity index (χ0) is 10.8. The summed E-state index contributed by atoms with van der Waals surface area (Å²) in [5, 5.41) is 0. The molecule has 1 aromatic rings. The average Bonchev–Trinajstić information content (AvgIpc) is 2.11. The Morgan fingerprint density at radius 2 is 2.20 bits per heavy atom. The van der Waals surface area contributed by atoms with E-state index < -0.39 is 0 Å². The van der Waals surface area contributed by atoms with Crippen molar-refractivity contribution >= 4 is 27.4 Å². The Balaban J connectivity index is 2.10. The number of hydrogen-bond acceptors (Lipinski definition) is 2. The molecule has 1 saturated carbocycles. The Morgan fingerprint density at radius 3 is 2.73 bits per heavy atom. The molecule has 2 N–H and O–H groups in total. The molecule has 2 rings (SSSR count). The van der Waals surface area contributed by atoms with E-state index in [1.807, 2.05) is 0 Å². The number of nitrogen functional groups attached to an aromatic ring is 1. The van der Waals surface area contributed by atoms with E-state index in [2.05, 4.69) is 15.9 Å². The molecule has 0 heterocycles. The van der Waals surface area contributed by atoms with Crippen molar-refractivity contribution in [1.82, 2.24) is 0 Å². The molecular formula is C12H14BrNO. The third kappa shape index (κ3) is 2.40. The fraction of sp³-hybridized carbons (Fsp3) is 0.417. The number of rotatable bonds is 3. The summed E-state index contributed by atoms with van der Waals surface area (Å²) < 4.78 is 0.812. The van der Waals surface area contributed by atoms with E-state index in [-0.39, 0.29) is 5.78 Å². The van der Waals surface area contributed by atoms with Gasteiger partial charge in [-0.05, 0) is 40.0 Å². The lowest BCUT2D eigenvalue weighted by Gasteiger charge is -2.24. The zero-order valence-corrected chi connectivity index (χ0v) is 10.1. The predicted molar refractivity (Wildman–Crippen MR) is 64.8 cm³/mol. The number of anilines is 1. The second kappa shape index (κ2) is 4.35. The van der Waals surface area contributed by atoms with Crippen LogP contribution in [0.15, 0.2) is 22.7 Å². The Bertz CT molecular complexity index is 385. The maximum atomic E-state index is 11.9. The molecule has 15 heavy (non-hydrogen) atoms. The summed E-state index contributed by atoms with van der Waals surface area (Å²) in [4.78, 5) is 11.9. The summed E-state index contributed by atoms with van der Waals surface area (Å²) >= 11 is 3.38. The molecule has 1 aromatic carbocycles. The van der Waals surface area contributed by atoms with Gasteiger partial charge in [-0.1, -0.05) is 19.3 Å². The number of Topliss-reactive ketones (excluding diaryl/α,β-unsaturated/α-hetero) is 1. The SMILES string of the molecule is Nc1ccc(C(=O)CC2CCC2)c(Br)c1.